The minimum absolute atomic E-state index is 0.0403. The molecule has 1 unspecified atom stereocenters. The van der Waals surface area contributed by atoms with Crippen molar-refractivity contribution in [3.63, 3.8) is 0 Å². The number of aliphatic hydroxyl groups is 1. The van der Waals surface area contributed by atoms with Crippen LogP contribution in [0.1, 0.15) is 37.4 Å². The number of benzene rings is 1. The lowest BCUT2D eigenvalue weighted by Crippen LogP contribution is -2.11. The molecule has 1 aromatic carbocycles. The molecule has 0 heterocycles. The van der Waals surface area contributed by atoms with Crippen LogP contribution in [0.5, 0.6) is 5.75 Å². The number of nitrogens with two attached hydrogens (primary N) is 1. The zero-order valence-electron chi connectivity index (χ0n) is 10.2. The van der Waals surface area contributed by atoms with Crippen molar-refractivity contribution in [3.8, 4) is 5.75 Å². The Morgan fingerprint density at radius 2 is 2.06 bits per heavy atom. The molecule has 0 aliphatic rings. The van der Waals surface area contributed by atoms with Crippen LogP contribution in [0.2, 0.25) is 0 Å². The number of hydrogen-bond donors (Lipinski definition) is 2. The van der Waals surface area contributed by atoms with Crippen molar-refractivity contribution < 1.29 is 9.84 Å². The van der Waals surface area contributed by atoms with Crippen molar-refractivity contribution in [1.82, 2.24) is 0 Å². The maximum Gasteiger partial charge on any atom is 0.124 e. The van der Waals surface area contributed by atoms with E-state index in [-0.39, 0.29) is 12.1 Å². The molecule has 3 N–H and O–H groups in total. The van der Waals surface area contributed by atoms with Gasteiger partial charge in [0.15, 0.2) is 0 Å². The minimum atomic E-state index is -0.329. The van der Waals surface area contributed by atoms with Crippen molar-refractivity contribution in [3.05, 3.63) is 29.3 Å². The van der Waals surface area contributed by atoms with Crippen LogP contribution in [0.25, 0.3) is 0 Å². The Bertz CT molecular complexity index is 335. The number of rotatable bonds is 5. The highest BCUT2D eigenvalue weighted by atomic mass is 16.5. The van der Waals surface area contributed by atoms with Crippen molar-refractivity contribution >= 4 is 0 Å². The molecular formula is C13H21NO2. The summed E-state index contributed by atoms with van der Waals surface area (Å²) in [5.41, 5.74) is 8.08. The predicted molar refractivity (Wildman–Crippen MR) is 65.6 cm³/mol. The molecule has 0 bridgehead atoms. The van der Waals surface area contributed by atoms with E-state index in [0.29, 0.717) is 13.0 Å². The summed E-state index contributed by atoms with van der Waals surface area (Å²) < 4.78 is 5.62. The first-order valence-electron chi connectivity index (χ1n) is 5.67. The van der Waals surface area contributed by atoms with Gasteiger partial charge in [0.05, 0.1) is 12.7 Å². The van der Waals surface area contributed by atoms with Gasteiger partial charge in [-0.3, -0.25) is 0 Å². The Balaban J connectivity index is 2.71. The Hall–Kier alpha value is -1.06. The number of aryl methyl sites for hydroxylation is 1. The summed E-state index contributed by atoms with van der Waals surface area (Å²) in [5.74, 6) is 0.821. The van der Waals surface area contributed by atoms with Gasteiger partial charge in [-0.1, -0.05) is 17.7 Å². The Kier molecular flexibility index (Phi) is 4.77. The monoisotopic (exact) mass is 223 g/mol. The number of ether oxygens (including phenoxy) is 1. The van der Waals surface area contributed by atoms with Crippen LogP contribution in [0.15, 0.2) is 18.2 Å². The van der Waals surface area contributed by atoms with Crippen molar-refractivity contribution in [2.75, 3.05) is 6.61 Å². The molecule has 90 valence electrons. The molecule has 0 amide bonds. The Morgan fingerprint density at radius 1 is 1.38 bits per heavy atom. The SMILES string of the molecule is Cc1ccc(OCCC(C)O)c([C@@H](C)N)c1. The molecule has 0 saturated heterocycles. The van der Waals surface area contributed by atoms with Crippen LogP contribution in [-0.4, -0.2) is 17.8 Å². The first kappa shape index (κ1) is 13.0. The van der Waals surface area contributed by atoms with E-state index in [4.69, 9.17) is 15.6 Å². The lowest BCUT2D eigenvalue weighted by Gasteiger charge is -2.15. The standard InChI is InChI=1S/C13H21NO2/c1-9-4-5-13(12(8-9)11(3)14)16-7-6-10(2)15/h4-5,8,10-11,15H,6-7,14H2,1-3H3/t10?,11-/m1/s1. The predicted octanol–water partition coefficient (Wildman–Crippen LogP) is 2.16. The van der Waals surface area contributed by atoms with E-state index in [1.807, 2.05) is 32.0 Å². The van der Waals surface area contributed by atoms with E-state index in [2.05, 4.69) is 0 Å². The summed E-state index contributed by atoms with van der Waals surface area (Å²) in [7, 11) is 0. The lowest BCUT2D eigenvalue weighted by atomic mass is 10.1. The first-order chi connectivity index (χ1) is 7.50. The molecule has 0 radical (unpaired) electrons. The molecule has 2 atom stereocenters. The van der Waals surface area contributed by atoms with Gasteiger partial charge in [0.25, 0.3) is 0 Å². The van der Waals surface area contributed by atoms with Gasteiger partial charge in [-0.25, -0.2) is 0 Å². The maximum atomic E-state index is 9.15. The van der Waals surface area contributed by atoms with Gasteiger partial charge in [-0.15, -0.1) is 0 Å². The topological polar surface area (TPSA) is 55.5 Å². The molecule has 16 heavy (non-hydrogen) atoms. The first-order valence-corrected chi connectivity index (χ1v) is 5.67. The highest BCUT2D eigenvalue weighted by molar-refractivity contribution is 5.38. The summed E-state index contributed by atoms with van der Waals surface area (Å²) in [6.45, 7) is 6.24. The van der Waals surface area contributed by atoms with Crippen LogP contribution in [-0.2, 0) is 0 Å². The lowest BCUT2D eigenvalue weighted by molar-refractivity contribution is 0.155. The third kappa shape index (κ3) is 3.83. The van der Waals surface area contributed by atoms with Crippen LogP contribution < -0.4 is 10.5 Å². The van der Waals surface area contributed by atoms with Gasteiger partial charge in [0.1, 0.15) is 5.75 Å². The van der Waals surface area contributed by atoms with E-state index < -0.39 is 0 Å². The van der Waals surface area contributed by atoms with Crippen molar-refractivity contribution in [2.24, 2.45) is 5.73 Å². The Labute approximate surface area is 97.2 Å². The molecule has 0 aromatic heterocycles. The van der Waals surface area contributed by atoms with Crippen LogP contribution >= 0.6 is 0 Å². The smallest absolute Gasteiger partial charge is 0.124 e. The highest BCUT2D eigenvalue weighted by Crippen LogP contribution is 2.25. The fraction of sp³-hybridized carbons (Fsp3) is 0.538. The maximum absolute atomic E-state index is 9.15. The summed E-state index contributed by atoms with van der Waals surface area (Å²) in [6.07, 6.45) is 0.302. The Morgan fingerprint density at radius 3 is 2.62 bits per heavy atom. The van der Waals surface area contributed by atoms with Crippen LogP contribution in [0.3, 0.4) is 0 Å². The molecule has 0 fully saturated rings. The summed E-state index contributed by atoms with van der Waals surface area (Å²) in [5, 5.41) is 9.15. The summed E-state index contributed by atoms with van der Waals surface area (Å²) in [4.78, 5) is 0. The van der Waals surface area contributed by atoms with E-state index in [9.17, 15) is 0 Å². The zero-order chi connectivity index (χ0) is 12.1. The summed E-state index contributed by atoms with van der Waals surface area (Å²) in [6, 6.07) is 5.95. The van der Waals surface area contributed by atoms with Crippen LogP contribution in [0.4, 0.5) is 0 Å². The molecule has 3 heteroatoms. The summed E-state index contributed by atoms with van der Waals surface area (Å²) >= 11 is 0. The fourth-order valence-electron chi connectivity index (χ4n) is 1.49. The van der Waals surface area contributed by atoms with Gasteiger partial charge in [0.2, 0.25) is 0 Å². The molecule has 1 rings (SSSR count). The van der Waals surface area contributed by atoms with Gasteiger partial charge < -0.3 is 15.6 Å². The fourth-order valence-corrected chi connectivity index (χ4v) is 1.49. The highest BCUT2D eigenvalue weighted by Gasteiger charge is 2.08. The minimum Gasteiger partial charge on any atom is -0.493 e. The van der Waals surface area contributed by atoms with Gasteiger partial charge in [-0.05, 0) is 26.8 Å². The third-order valence-electron chi connectivity index (χ3n) is 2.45. The van der Waals surface area contributed by atoms with E-state index in [1.165, 1.54) is 5.56 Å². The molecule has 0 spiro atoms. The van der Waals surface area contributed by atoms with E-state index >= 15 is 0 Å². The zero-order valence-corrected chi connectivity index (χ0v) is 10.2. The second-order valence-corrected chi connectivity index (χ2v) is 4.32. The second-order valence-electron chi connectivity index (χ2n) is 4.32. The molecule has 1 aromatic rings. The number of aliphatic hydroxyl groups excluding tert-OH is 1. The molecule has 3 nitrogen and oxygen atoms in total. The molecule has 0 saturated carbocycles. The van der Waals surface area contributed by atoms with Crippen molar-refractivity contribution in [1.29, 1.82) is 0 Å². The van der Waals surface area contributed by atoms with Gasteiger partial charge in [-0.2, -0.15) is 0 Å². The van der Waals surface area contributed by atoms with Gasteiger partial charge >= 0.3 is 0 Å². The quantitative estimate of drug-likeness (QED) is 0.804. The van der Waals surface area contributed by atoms with Crippen LogP contribution in [0, 0.1) is 6.92 Å². The second kappa shape index (κ2) is 5.87. The molecule has 0 aliphatic carbocycles. The molecule has 0 aliphatic heterocycles. The molecular weight excluding hydrogens is 202 g/mol. The largest absolute Gasteiger partial charge is 0.493 e. The average Bonchev–Trinajstić information content (AvgIpc) is 2.19. The normalized spacial score (nSPS) is 14.6. The van der Waals surface area contributed by atoms with E-state index in [1.54, 1.807) is 6.92 Å². The average molecular weight is 223 g/mol. The van der Waals surface area contributed by atoms with E-state index in [0.717, 1.165) is 11.3 Å². The van der Waals surface area contributed by atoms with Gasteiger partial charge in [0, 0.05) is 18.0 Å². The number of hydrogen-bond acceptors (Lipinski definition) is 3. The van der Waals surface area contributed by atoms with Crippen molar-refractivity contribution in [2.45, 2.75) is 39.3 Å². The third-order valence-corrected chi connectivity index (χ3v) is 2.45.